The molecule has 0 aliphatic carbocycles. The topological polar surface area (TPSA) is 163 Å². The van der Waals surface area contributed by atoms with E-state index in [0.717, 1.165) is 22.9 Å². The van der Waals surface area contributed by atoms with Crippen molar-refractivity contribution in [1.29, 1.82) is 0 Å². The number of aliphatic carboxylic acids is 1. The number of nitrogens with two attached hydrogens (primary N) is 1. The third-order valence-corrected chi connectivity index (χ3v) is 9.68. The number of aromatic nitrogens is 3. The summed E-state index contributed by atoms with van der Waals surface area (Å²) in [6.45, 7) is 2.82. The molecule has 1 aliphatic heterocycles. The second-order valence-electron chi connectivity index (χ2n) is 10.8. The normalized spacial score (nSPS) is 14.9. The molecule has 1 saturated heterocycles. The number of likely N-dealkylation sites (tertiary alicyclic amines) is 1. The monoisotopic (exact) mass is 649 g/mol. The number of nitrogens with one attached hydrogen (secondary N) is 2. The van der Waals surface area contributed by atoms with E-state index in [1.54, 1.807) is 17.3 Å². The lowest BCUT2D eigenvalue weighted by molar-refractivity contribution is -0.142. The lowest BCUT2D eigenvalue weighted by Gasteiger charge is -2.43. The molecule has 2 amide bonds. The molecule has 0 spiro atoms. The van der Waals surface area contributed by atoms with Gasteiger partial charge in [0.15, 0.2) is 16.6 Å². The summed E-state index contributed by atoms with van der Waals surface area (Å²) >= 11 is 2.48. The minimum absolute atomic E-state index is 0.189. The molecule has 0 radical (unpaired) electrons. The van der Waals surface area contributed by atoms with Crippen molar-refractivity contribution in [2.24, 2.45) is 5.73 Å². The summed E-state index contributed by atoms with van der Waals surface area (Å²) in [7, 11) is 0. The number of amides is 2. The van der Waals surface area contributed by atoms with Gasteiger partial charge >= 0.3 is 5.97 Å². The highest BCUT2D eigenvalue weighted by Crippen LogP contribution is 2.37. The summed E-state index contributed by atoms with van der Waals surface area (Å²) in [5.41, 5.74) is 6.99. The number of anilines is 2. The number of hydrogen-bond donors (Lipinski definition) is 4. The molecule has 1 aromatic carbocycles. The zero-order valence-electron chi connectivity index (χ0n) is 24.4. The first-order chi connectivity index (χ1) is 21.6. The molecule has 234 valence electrons. The van der Waals surface area contributed by atoms with Gasteiger partial charge in [0, 0.05) is 37.4 Å². The number of carbonyl (C=O) groups excluding carboxylic acids is 2. The lowest BCUT2D eigenvalue weighted by Crippen LogP contribution is -2.53. The first-order valence-corrected chi connectivity index (χ1v) is 15.8. The summed E-state index contributed by atoms with van der Waals surface area (Å²) in [4.78, 5) is 51.5. The Hall–Kier alpha value is -4.40. The van der Waals surface area contributed by atoms with Crippen LogP contribution in [0.4, 0.5) is 15.3 Å². The number of carbonyl (C=O) groups is 3. The maximum absolute atomic E-state index is 15.6. The number of rotatable bonds is 11. The van der Waals surface area contributed by atoms with Crippen molar-refractivity contribution in [3.63, 3.8) is 0 Å². The van der Waals surface area contributed by atoms with E-state index in [2.05, 4.69) is 25.6 Å². The van der Waals surface area contributed by atoms with Crippen LogP contribution in [0.5, 0.6) is 0 Å². The van der Waals surface area contributed by atoms with Crippen LogP contribution in [0.15, 0.2) is 76.2 Å². The van der Waals surface area contributed by atoms with Gasteiger partial charge in [0.25, 0.3) is 5.91 Å². The lowest BCUT2D eigenvalue weighted by atomic mass is 9.72. The Balaban J connectivity index is 1.26. The summed E-state index contributed by atoms with van der Waals surface area (Å²) in [6, 6.07) is 13.8. The minimum atomic E-state index is -1.14. The SMILES string of the molecule is Cc1ccnc(Nc2ncc(Sc3ccnc(C(=O)NCC4(c5ccccc5)CCN(C(=O)[C@@H](N)CC(=O)O)CC4)c3F)s2)c1. The van der Waals surface area contributed by atoms with Gasteiger partial charge < -0.3 is 26.4 Å². The second kappa shape index (κ2) is 14.1. The van der Waals surface area contributed by atoms with Gasteiger partial charge in [0.1, 0.15) is 5.82 Å². The third kappa shape index (κ3) is 7.82. The van der Waals surface area contributed by atoms with Gasteiger partial charge in [-0.25, -0.2) is 19.3 Å². The zero-order valence-corrected chi connectivity index (χ0v) is 26.0. The molecule has 4 heterocycles. The number of thiazole rings is 1. The van der Waals surface area contributed by atoms with Gasteiger partial charge in [-0.15, -0.1) is 0 Å². The van der Waals surface area contributed by atoms with Gasteiger partial charge in [0.2, 0.25) is 5.91 Å². The smallest absolute Gasteiger partial charge is 0.305 e. The molecule has 0 unspecified atom stereocenters. The maximum Gasteiger partial charge on any atom is 0.305 e. The Morgan fingerprint density at radius 2 is 1.84 bits per heavy atom. The van der Waals surface area contributed by atoms with Crippen LogP contribution in [0.1, 0.15) is 40.9 Å². The van der Waals surface area contributed by atoms with Crippen LogP contribution >= 0.6 is 23.1 Å². The first kappa shape index (κ1) is 32.0. The number of carboxylic acid groups (broad SMARTS) is 1. The zero-order chi connectivity index (χ0) is 32.0. The number of benzene rings is 1. The molecule has 4 aromatic rings. The molecule has 1 atom stereocenters. The van der Waals surface area contributed by atoms with Gasteiger partial charge in [-0.05, 0) is 49.1 Å². The van der Waals surface area contributed by atoms with Crippen molar-refractivity contribution < 1.29 is 23.9 Å². The molecular formula is C31H32FN7O4S2. The van der Waals surface area contributed by atoms with Crippen molar-refractivity contribution in [2.45, 2.75) is 46.7 Å². The van der Waals surface area contributed by atoms with Crippen molar-refractivity contribution in [2.75, 3.05) is 25.0 Å². The number of hydrogen-bond acceptors (Lipinski definition) is 10. The van der Waals surface area contributed by atoms with Crippen LogP contribution in [-0.4, -0.2) is 68.4 Å². The Bertz CT molecular complexity index is 1680. The molecule has 0 bridgehead atoms. The van der Waals surface area contributed by atoms with Gasteiger partial charge in [-0.1, -0.05) is 53.4 Å². The number of halogens is 1. The Morgan fingerprint density at radius 1 is 1.11 bits per heavy atom. The van der Waals surface area contributed by atoms with Crippen LogP contribution in [0.2, 0.25) is 0 Å². The van der Waals surface area contributed by atoms with E-state index in [0.29, 0.717) is 41.1 Å². The number of aryl methyl sites for hydroxylation is 1. The Labute approximate surface area is 267 Å². The molecule has 0 saturated carbocycles. The fourth-order valence-electron chi connectivity index (χ4n) is 5.21. The van der Waals surface area contributed by atoms with E-state index in [4.69, 9.17) is 10.8 Å². The van der Waals surface area contributed by atoms with Crippen LogP contribution in [0.3, 0.4) is 0 Å². The quantitative estimate of drug-likeness (QED) is 0.184. The van der Waals surface area contributed by atoms with Crippen LogP contribution < -0.4 is 16.4 Å². The average Bonchev–Trinajstić information content (AvgIpc) is 3.47. The number of piperidine rings is 1. The summed E-state index contributed by atoms with van der Waals surface area (Å²) in [6.07, 6.45) is 5.27. The molecule has 1 aliphatic rings. The van der Waals surface area contributed by atoms with Crippen molar-refractivity contribution >= 4 is 51.8 Å². The predicted molar refractivity (Wildman–Crippen MR) is 169 cm³/mol. The standard InChI is InChI=1S/C31H32FN7O4S2/c1-19-7-11-34-23(15-19)38-30-36-17-25(45-30)44-22-8-12-35-27(26(22)32)28(42)37-18-31(20-5-3-2-4-6-20)9-13-39(14-10-31)29(43)21(33)16-24(40)41/h2-8,11-12,15,17,21H,9-10,13-14,16,18,33H2,1H3,(H,37,42)(H,40,41)(H,34,36,38)/t21-/m0/s1. The number of carboxylic acids is 1. The molecule has 11 nitrogen and oxygen atoms in total. The molecule has 3 aromatic heterocycles. The second-order valence-corrected chi connectivity index (χ2v) is 13.1. The molecule has 1 fully saturated rings. The average molecular weight is 650 g/mol. The van der Waals surface area contributed by atoms with Gasteiger partial charge in [-0.2, -0.15) is 0 Å². The van der Waals surface area contributed by atoms with E-state index in [9.17, 15) is 14.4 Å². The van der Waals surface area contributed by atoms with E-state index >= 15 is 4.39 Å². The van der Waals surface area contributed by atoms with Crippen LogP contribution in [-0.2, 0) is 15.0 Å². The highest BCUT2D eigenvalue weighted by Gasteiger charge is 2.39. The van der Waals surface area contributed by atoms with E-state index in [1.807, 2.05) is 49.4 Å². The molecule has 14 heteroatoms. The fourth-order valence-corrected chi connectivity index (χ4v) is 7.07. The highest BCUT2D eigenvalue weighted by atomic mass is 32.2. The summed E-state index contributed by atoms with van der Waals surface area (Å²) in [5.74, 6) is -2.28. The van der Waals surface area contributed by atoms with Gasteiger partial charge in [-0.3, -0.25) is 14.4 Å². The van der Waals surface area contributed by atoms with E-state index < -0.39 is 41.5 Å². The van der Waals surface area contributed by atoms with Gasteiger partial charge in [0.05, 0.1) is 27.8 Å². The number of nitrogens with zero attached hydrogens (tertiary/aromatic N) is 4. The Morgan fingerprint density at radius 3 is 2.56 bits per heavy atom. The van der Waals surface area contributed by atoms with Crippen LogP contribution in [0, 0.1) is 12.7 Å². The maximum atomic E-state index is 15.6. The van der Waals surface area contributed by atoms with Crippen molar-refractivity contribution in [3.05, 3.63) is 89.8 Å². The first-order valence-electron chi connectivity index (χ1n) is 14.2. The summed E-state index contributed by atoms with van der Waals surface area (Å²) < 4.78 is 16.3. The molecular weight excluding hydrogens is 618 g/mol. The predicted octanol–water partition coefficient (Wildman–Crippen LogP) is 4.37. The fraction of sp³-hybridized carbons (Fsp3) is 0.290. The molecule has 5 N–H and O–H groups in total. The number of pyridine rings is 2. The summed E-state index contributed by atoms with van der Waals surface area (Å²) in [5, 5.41) is 15.6. The minimum Gasteiger partial charge on any atom is -0.481 e. The van der Waals surface area contributed by atoms with Crippen LogP contribution in [0.25, 0.3) is 0 Å². The van der Waals surface area contributed by atoms with Crippen molar-refractivity contribution in [1.82, 2.24) is 25.2 Å². The van der Waals surface area contributed by atoms with E-state index in [1.165, 1.54) is 23.6 Å². The Kier molecular flexibility index (Phi) is 10.1. The molecule has 45 heavy (non-hydrogen) atoms. The van der Waals surface area contributed by atoms with E-state index in [-0.39, 0.29) is 17.1 Å². The highest BCUT2D eigenvalue weighted by molar-refractivity contribution is 8.01. The largest absolute Gasteiger partial charge is 0.481 e. The molecule has 5 rings (SSSR count). The third-order valence-electron chi connectivity index (χ3n) is 7.63. The van der Waals surface area contributed by atoms with Crippen molar-refractivity contribution in [3.8, 4) is 0 Å².